The smallest absolute Gasteiger partial charge is 0.433 e. The van der Waals surface area contributed by atoms with Crippen LogP contribution in [-0.2, 0) is 12.6 Å². The molecule has 2 aromatic carbocycles. The third-order valence-electron chi connectivity index (χ3n) is 12.1. The maximum absolute atomic E-state index is 17.3. The topological polar surface area (TPSA) is 122 Å². The number of aromatic hydroxyl groups is 1. The highest BCUT2D eigenvalue weighted by atomic mass is 19.4. The van der Waals surface area contributed by atoms with E-state index in [1.165, 1.54) is 24.3 Å². The van der Waals surface area contributed by atoms with Gasteiger partial charge in [-0.1, -0.05) is 18.9 Å². The van der Waals surface area contributed by atoms with Crippen molar-refractivity contribution >= 4 is 27.5 Å². The highest BCUT2D eigenvalue weighted by Gasteiger charge is 2.50. The lowest BCUT2D eigenvalue weighted by atomic mass is 9.95. The van der Waals surface area contributed by atoms with Crippen molar-refractivity contribution in [1.29, 1.82) is 0 Å². The standard InChI is InChI=1S/C41H39F5N8O3/c1-3-23-18-53-24(17-47-23)7-9-30-34-37(35(43)36(50-30)28-15-26(55)14-22-6-8-29(42)27(4-2)33(22)28)51-39(52-38(34)53)57-20-40-11-5-13-54(40)25(10-12-40)19-56-32-16-31(41(44,45)46)48-21-49-32/h2,6,8,14-16,21,23-25,47,55H,3,5,7,9-13,17-20H2,1H3/t23-,24-,25+,40+/m1/s1. The van der Waals surface area contributed by atoms with Gasteiger partial charge >= 0.3 is 12.2 Å². The molecule has 0 aliphatic carbocycles. The molecule has 57 heavy (non-hydrogen) atoms. The van der Waals surface area contributed by atoms with E-state index in [4.69, 9.17) is 30.8 Å². The summed E-state index contributed by atoms with van der Waals surface area (Å²) in [6.07, 6.45) is 7.20. The van der Waals surface area contributed by atoms with Gasteiger partial charge in [0, 0.05) is 48.2 Å². The number of fused-ring (bicyclic) bond motifs is 4. The van der Waals surface area contributed by atoms with Crippen LogP contribution in [0.1, 0.15) is 62.4 Å². The number of ether oxygens (including phenoxy) is 2. The highest BCUT2D eigenvalue weighted by Crippen LogP contribution is 2.45. The number of alkyl halides is 3. The van der Waals surface area contributed by atoms with Gasteiger partial charge in [-0.3, -0.25) is 4.90 Å². The Kier molecular flexibility index (Phi) is 9.27. The molecule has 3 saturated heterocycles. The van der Waals surface area contributed by atoms with E-state index in [-0.39, 0.29) is 76.7 Å². The number of terminal acetylenes is 1. The summed E-state index contributed by atoms with van der Waals surface area (Å²) in [6.45, 7) is 4.50. The number of aryl methyl sites for hydroxylation is 1. The van der Waals surface area contributed by atoms with Crippen LogP contribution in [0, 0.1) is 24.0 Å². The molecule has 5 aromatic rings. The molecule has 4 atom stereocenters. The number of rotatable bonds is 8. The van der Waals surface area contributed by atoms with Gasteiger partial charge in [0.05, 0.1) is 22.2 Å². The minimum absolute atomic E-state index is 0.000983. The number of piperazine rings is 1. The predicted molar refractivity (Wildman–Crippen MR) is 201 cm³/mol. The van der Waals surface area contributed by atoms with Crippen molar-refractivity contribution in [3.05, 3.63) is 65.2 Å². The van der Waals surface area contributed by atoms with Crippen LogP contribution in [0.4, 0.5) is 27.8 Å². The maximum atomic E-state index is 17.3. The monoisotopic (exact) mass is 786 g/mol. The van der Waals surface area contributed by atoms with Crippen molar-refractivity contribution in [1.82, 2.24) is 35.1 Å². The maximum Gasteiger partial charge on any atom is 0.433 e. The number of hydrogen-bond donors (Lipinski definition) is 2. The number of phenolic OH excluding ortho intramolecular Hbond substituents is 1. The summed E-state index contributed by atoms with van der Waals surface area (Å²) in [5, 5.41) is 15.5. The quantitative estimate of drug-likeness (QED) is 0.131. The first-order valence-electron chi connectivity index (χ1n) is 19.2. The Bertz CT molecular complexity index is 2440. The zero-order valence-electron chi connectivity index (χ0n) is 31.0. The lowest BCUT2D eigenvalue weighted by molar-refractivity contribution is -0.141. The van der Waals surface area contributed by atoms with Gasteiger partial charge in [0.15, 0.2) is 11.5 Å². The fraction of sp³-hybridized carbons (Fsp3) is 0.439. The van der Waals surface area contributed by atoms with Crippen molar-refractivity contribution in [2.75, 3.05) is 37.7 Å². The Labute approximate surface area is 324 Å². The van der Waals surface area contributed by atoms with E-state index >= 15 is 8.78 Å². The highest BCUT2D eigenvalue weighted by molar-refractivity contribution is 6.03. The second-order valence-corrected chi connectivity index (χ2v) is 15.3. The molecule has 4 aliphatic rings. The Morgan fingerprint density at radius 2 is 1.91 bits per heavy atom. The molecule has 3 aromatic heterocycles. The van der Waals surface area contributed by atoms with Crippen LogP contribution >= 0.6 is 0 Å². The molecule has 0 radical (unpaired) electrons. The molecule has 11 nitrogen and oxygen atoms in total. The fourth-order valence-corrected chi connectivity index (χ4v) is 9.29. The van der Waals surface area contributed by atoms with Crippen molar-refractivity contribution in [3.63, 3.8) is 0 Å². The normalized spacial score (nSPS) is 23.3. The van der Waals surface area contributed by atoms with Gasteiger partial charge in [-0.2, -0.15) is 23.1 Å². The summed E-state index contributed by atoms with van der Waals surface area (Å²) in [5.74, 6) is 1.19. The number of hydrogen-bond acceptors (Lipinski definition) is 11. The number of benzene rings is 2. The van der Waals surface area contributed by atoms with Gasteiger partial charge in [0.1, 0.15) is 48.1 Å². The molecule has 0 spiro atoms. The molecule has 0 unspecified atom stereocenters. The predicted octanol–water partition coefficient (Wildman–Crippen LogP) is 6.58. The first-order valence-corrected chi connectivity index (χ1v) is 19.2. The van der Waals surface area contributed by atoms with Crippen LogP contribution in [-0.4, -0.2) is 91.4 Å². The van der Waals surface area contributed by atoms with Gasteiger partial charge in [-0.25, -0.2) is 23.7 Å². The second-order valence-electron chi connectivity index (χ2n) is 15.3. The average Bonchev–Trinajstić information content (AvgIpc) is 3.73. The van der Waals surface area contributed by atoms with Crippen molar-refractivity contribution in [2.45, 2.75) is 81.7 Å². The Morgan fingerprint density at radius 3 is 2.72 bits per heavy atom. The first kappa shape index (κ1) is 37.2. The minimum atomic E-state index is -4.62. The molecular weight excluding hydrogens is 747 g/mol. The largest absolute Gasteiger partial charge is 0.508 e. The third kappa shape index (κ3) is 6.50. The van der Waals surface area contributed by atoms with Crippen LogP contribution in [0.5, 0.6) is 17.6 Å². The van der Waals surface area contributed by atoms with Gasteiger partial charge in [-0.15, -0.1) is 6.42 Å². The molecule has 0 amide bonds. The van der Waals surface area contributed by atoms with E-state index in [2.05, 4.69) is 37.9 Å². The van der Waals surface area contributed by atoms with E-state index in [1.54, 1.807) is 0 Å². The summed E-state index contributed by atoms with van der Waals surface area (Å²) in [5.41, 5.74) is -0.965. The van der Waals surface area contributed by atoms with Crippen molar-refractivity contribution in [2.24, 2.45) is 0 Å². The molecule has 16 heteroatoms. The lowest BCUT2D eigenvalue weighted by Gasteiger charge is -2.40. The zero-order chi connectivity index (χ0) is 39.6. The number of anilines is 1. The molecule has 0 bridgehead atoms. The van der Waals surface area contributed by atoms with Gasteiger partial charge in [0.2, 0.25) is 5.88 Å². The number of nitrogens with one attached hydrogen (secondary N) is 1. The van der Waals surface area contributed by atoms with Gasteiger partial charge in [0.25, 0.3) is 0 Å². The Balaban J connectivity index is 1.09. The zero-order valence-corrected chi connectivity index (χ0v) is 31.0. The molecule has 4 aliphatic heterocycles. The van der Waals surface area contributed by atoms with Crippen LogP contribution in [0.15, 0.2) is 36.7 Å². The van der Waals surface area contributed by atoms with E-state index in [1.807, 2.05) is 0 Å². The van der Waals surface area contributed by atoms with Crippen molar-refractivity contribution in [3.8, 4) is 41.2 Å². The number of aromatic nitrogens is 5. The van der Waals surface area contributed by atoms with Gasteiger partial charge < -0.3 is 24.8 Å². The number of phenols is 1. The first-order chi connectivity index (χ1) is 27.5. The summed E-state index contributed by atoms with van der Waals surface area (Å²) >= 11 is 0. The summed E-state index contributed by atoms with van der Waals surface area (Å²) < 4.78 is 84.4. The minimum Gasteiger partial charge on any atom is -0.508 e. The molecule has 7 heterocycles. The summed E-state index contributed by atoms with van der Waals surface area (Å²) in [6, 6.07) is 6.38. The third-order valence-corrected chi connectivity index (χ3v) is 12.1. The van der Waals surface area contributed by atoms with E-state index in [9.17, 15) is 18.3 Å². The van der Waals surface area contributed by atoms with Crippen LogP contribution in [0.2, 0.25) is 0 Å². The fourth-order valence-electron chi connectivity index (χ4n) is 9.29. The van der Waals surface area contributed by atoms with E-state index < -0.39 is 29.0 Å². The molecule has 2 N–H and O–H groups in total. The number of nitrogens with zero attached hydrogens (tertiary/aromatic N) is 7. The van der Waals surface area contributed by atoms with Crippen LogP contribution < -0.4 is 19.7 Å². The molecule has 296 valence electrons. The second kappa shape index (κ2) is 14.2. The number of halogens is 5. The Hall–Kier alpha value is -5.40. The Morgan fingerprint density at radius 1 is 1.05 bits per heavy atom. The van der Waals surface area contributed by atoms with Crippen molar-refractivity contribution < 1.29 is 36.5 Å². The van der Waals surface area contributed by atoms with Crippen LogP contribution in [0.3, 0.4) is 0 Å². The molecule has 0 saturated carbocycles. The number of pyridine rings is 1. The van der Waals surface area contributed by atoms with E-state index in [0.29, 0.717) is 48.2 Å². The molecule has 9 rings (SSSR count). The summed E-state index contributed by atoms with van der Waals surface area (Å²) in [7, 11) is 0. The van der Waals surface area contributed by atoms with E-state index in [0.717, 1.165) is 51.0 Å². The van der Waals surface area contributed by atoms with Gasteiger partial charge in [-0.05, 0) is 75.1 Å². The average molecular weight is 787 g/mol. The molecule has 3 fully saturated rings. The van der Waals surface area contributed by atoms with Crippen LogP contribution in [0.25, 0.3) is 32.9 Å². The SMILES string of the molecule is C#Cc1c(F)ccc2cc(O)cc(-c3nc4c5c(nc(OC[C@@]67CCCN6[C@H](COc6cc(C(F)(F)F)ncn6)CC7)nc5c3F)N3C[C@@H](CC)NC[C@H]3CC4)c12. The lowest BCUT2D eigenvalue weighted by Crippen LogP contribution is -2.56. The molecular formula is C41H39F5N8O3. The summed E-state index contributed by atoms with van der Waals surface area (Å²) in [4.78, 5) is 26.3.